The van der Waals surface area contributed by atoms with Crippen LogP contribution in [-0.2, 0) is 0 Å². The van der Waals surface area contributed by atoms with Crippen LogP contribution in [0.2, 0.25) is 0 Å². The van der Waals surface area contributed by atoms with Gasteiger partial charge in [0.15, 0.2) is 0 Å². The summed E-state index contributed by atoms with van der Waals surface area (Å²) in [5.74, 6) is 0.674. The molecule has 2 rings (SSSR count). The van der Waals surface area contributed by atoms with Gasteiger partial charge >= 0.3 is 6.03 Å². The summed E-state index contributed by atoms with van der Waals surface area (Å²) in [4.78, 5) is 14.3. The molecule has 1 aliphatic rings. The van der Waals surface area contributed by atoms with Gasteiger partial charge in [0.1, 0.15) is 5.75 Å². The average Bonchev–Trinajstić information content (AvgIpc) is 2.48. The Labute approximate surface area is 120 Å². The number of carbonyl (C=O) groups is 1. The monoisotopic (exact) mass is 277 g/mol. The number of nitrogens with two attached hydrogens (primary N) is 1. The van der Waals surface area contributed by atoms with Gasteiger partial charge in [-0.05, 0) is 44.4 Å². The van der Waals surface area contributed by atoms with Crippen LogP contribution >= 0.6 is 0 Å². The zero-order chi connectivity index (χ0) is 14.4. The van der Waals surface area contributed by atoms with Gasteiger partial charge in [-0.1, -0.05) is 12.1 Å². The lowest BCUT2D eigenvalue weighted by molar-refractivity contribution is 0.159. The number of urea groups is 1. The third-order valence-electron chi connectivity index (χ3n) is 3.74. The lowest BCUT2D eigenvalue weighted by Crippen LogP contribution is -2.46. The number of piperidine rings is 1. The first-order valence-electron chi connectivity index (χ1n) is 7.17. The maximum Gasteiger partial charge on any atom is 0.322 e. The van der Waals surface area contributed by atoms with E-state index in [1.807, 2.05) is 29.2 Å². The van der Waals surface area contributed by atoms with Crippen molar-refractivity contribution in [2.24, 2.45) is 5.73 Å². The van der Waals surface area contributed by atoms with Crippen LogP contribution in [0.15, 0.2) is 24.3 Å². The van der Waals surface area contributed by atoms with Gasteiger partial charge in [-0.3, -0.25) is 0 Å². The van der Waals surface area contributed by atoms with Gasteiger partial charge in [0.25, 0.3) is 0 Å². The number of nitrogens with zero attached hydrogens (tertiary/aromatic N) is 1. The smallest absolute Gasteiger partial charge is 0.322 e. The number of para-hydroxylation sites is 2. The fraction of sp³-hybridized carbons (Fsp3) is 0.533. The Morgan fingerprint density at radius 1 is 1.45 bits per heavy atom. The average molecular weight is 277 g/mol. The van der Waals surface area contributed by atoms with Crippen molar-refractivity contribution < 1.29 is 9.53 Å². The van der Waals surface area contributed by atoms with E-state index in [0.29, 0.717) is 18.0 Å². The summed E-state index contributed by atoms with van der Waals surface area (Å²) in [5, 5.41) is 2.94. The highest BCUT2D eigenvalue weighted by atomic mass is 16.5. The van der Waals surface area contributed by atoms with Gasteiger partial charge in [0.2, 0.25) is 0 Å². The van der Waals surface area contributed by atoms with Crippen LogP contribution in [0.4, 0.5) is 10.5 Å². The van der Waals surface area contributed by atoms with Crippen LogP contribution in [0, 0.1) is 0 Å². The molecule has 1 aromatic rings. The van der Waals surface area contributed by atoms with Crippen molar-refractivity contribution in [3.8, 4) is 5.75 Å². The number of hydrogen-bond acceptors (Lipinski definition) is 3. The fourth-order valence-corrected chi connectivity index (χ4v) is 2.70. The number of likely N-dealkylation sites (tertiary alicyclic amines) is 1. The minimum absolute atomic E-state index is 0.0624. The standard InChI is InChI=1S/C15H23N3O2/c1-20-14-8-3-2-7-13(14)17-15(19)18-11-5-4-6-12(18)9-10-16/h2-3,7-8,12H,4-6,9-11,16H2,1H3,(H,17,19). The van der Waals surface area contributed by atoms with E-state index in [1.165, 1.54) is 6.42 Å². The summed E-state index contributed by atoms with van der Waals surface area (Å²) in [6.45, 7) is 1.41. The molecule has 0 saturated carbocycles. The second kappa shape index (κ2) is 7.14. The Morgan fingerprint density at radius 2 is 2.25 bits per heavy atom. The molecule has 1 aromatic carbocycles. The Bertz CT molecular complexity index is 448. The highest BCUT2D eigenvalue weighted by molar-refractivity contribution is 5.91. The molecule has 110 valence electrons. The number of benzene rings is 1. The third kappa shape index (κ3) is 3.42. The zero-order valence-corrected chi connectivity index (χ0v) is 12.0. The van der Waals surface area contributed by atoms with Crippen molar-refractivity contribution in [1.82, 2.24) is 4.90 Å². The summed E-state index contributed by atoms with van der Waals surface area (Å²) in [7, 11) is 1.60. The Hall–Kier alpha value is -1.75. The molecule has 1 unspecified atom stereocenters. The molecule has 5 nitrogen and oxygen atoms in total. The summed E-state index contributed by atoms with van der Waals surface area (Å²) < 4.78 is 5.25. The Kier molecular flexibility index (Phi) is 5.24. The Balaban J connectivity index is 2.06. The number of hydrogen-bond donors (Lipinski definition) is 2. The van der Waals surface area contributed by atoms with Gasteiger partial charge in [-0.15, -0.1) is 0 Å². The second-order valence-electron chi connectivity index (χ2n) is 5.05. The molecule has 0 aliphatic carbocycles. The predicted molar refractivity (Wildman–Crippen MR) is 80.0 cm³/mol. The van der Waals surface area contributed by atoms with Gasteiger partial charge in [-0.2, -0.15) is 0 Å². The molecule has 0 radical (unpaired) electrons. The van der Waals surface area contributed by atoms with Crippen molar-refractivity contribution in [3.05, 3.63) is 24.3 Å². The molecule has 1 aliphatic heterocycles. The highest BCUT2D eigenvalue weighted by Crippen LogP contribution is 2.25. The second-order valence-corrected chi connectivity index (χ2v) is 5.05. The first-order valence-corrected chi connectivity index (χ1v) is 7.17. The summed E-state index contributed by atoms with van der Waals surface area (Å²) in [6.07, 6.45) is 4.12. The van der Waals surface area contributed by atoms with Crippen molar-refractivity contribution in [2.75, 3.05) is 25.5 Å². The van der Waals surface area contributed by atoms with Crippen LogP contribution in [0.3, 0.4) is 0 Å². The normalized spacial score (nSPS) is 18.7. The molecule has 1 fully saturated rings. The van der Waals surface area contributed by atoms with E-state index in [1.54, 1.807) is 7.11 Å². The molecular weight excluding hydrogens is 254 g/mol. The minimum atomic E-state index is -0.0624. The van der Waals surface area contributed by atoms with Crippen molar-refractivity contribution in [1.29, 1.82) is 0 Å². The van der Waals surface area contributed by atoms with Gasteiger partial charge in [0, 0.05) is 12.6 Å². The van der Waals surface area contributed by atoms with Crippen LogP contribution in [0.1, 0.15) is 25.7 Å². The molecular formula is C15H23N3O2. The van der Waals surface area contributed by atoms with E-state index < -0.39 is 0 Å². The number of ether oxygens (including phenoxy) is 1. The molecule has 3 N–H and O–H groups in total. The van der Waals surface area contributed by atoms with Gasteiger partial charge in [-0.25, -0.2) is 4.79 Å². The van der Waals surface area contributed by atoms with E-state index in [-0.39, 0.29) is 12.1 Å². The maximum absolute atomic E-state index is 12.4. The van der Waals surface area contributed by atoms with Gasteiger partial charge < -0.3 is 20.7 Å². The number of carbonyl (C=O) groups excluding carboxylic acids is 1. The maximum atomic E-state index is 12.4. The Morgan fingerprint density at radius 3 is 3.00 bits per heavy atom. The molecule has 0 aromatic heterocycles. The SMILES string of the molecule is COc1ccccc1NC(=O)N1CCCCC1CCN. The minimum Gasteiger partial charge on any atom is -0.495 e. The molecule has 5 heteroatoms. The molecule has 0 bridgehead atoms. The van der Waals surface area contributed by atoms with Gasteiger partial charge in [0.05, 0.1) is 12.8 Å². The summed E-state index contributed by atoms with van der Waals surface area (Å²) in [6, 6.07) is 7.64. The number of anilines is 1. The highest BCUT2D eigenvalue weighted by Gasteiger charge is 2.26. The van der Waals surface area contributed by atoms with E-state index in [2.05, 4.69) is 5.32 Å². The number of amides is 2. The largest absolute Gasteiger partial charge is 0.495 e. The van der Waals surface area contributed by atoms with Crippen LogP contribution in [-0.4, -0.2) is 37.2 Å². The molecule has 0 spiro atoms. The van der Waals surface area contributed by atoms with Crippen molar-refractivity contribution in [2.45, 2.75) is 31.7 Å². The molecule has 20 heavy (non-hydrogen) atoms. The van der Waals surface area contributed by atoms with Crippen LogP contribution in [0.25, 0.3) is 0 Å². The molecule has 2 amide bonds. The van der Waals surface area contributed by atoms with Crippen molar-refractivity contribution in [3.63, 3.8) is 0 Å². The van der Waals surface area contributed by atoms with Crippen LogP contribution < -0.4 is 15.8 Å². The van der Waals surface area contributed by atoms with E-state index in [9.17, 15) is 4.79 Å². The molecule has 1 heterocycles. The number of methoxy groups -OCH3 is 1. The third-order valence-corrected chi connectivity index (χ3v) is 3.74. The topological polar surface area (TPSA) is 67.6 Å². The van der Waals surface area contributed by atoms with E-state index in [4.69, 9.17) is 10.5 Å². The molecule has 1 saturated heterocycles. The summed E-state index contributed by atoms with van der Waals surface area (Å²) in [5.41, 5.74) is 6.35. The quantitative estimate of drug-likeness (QED) is 0.888. The first kappa shape index (κ1) is 14.7. The lowest BCUT2D eigenvalue weighted by atomic mass is 10.00. The predicted octanol–water partition coefficient (Wildman–Crippen LogP) is 2.43. The fourth-order valence-electron chi connectivity index (χ4n) is 2.70. The number of rotatable bonds is 4. The van der Waals surface area contributed by atoms with E-state index >= 15 is 0 Å². The number of nitrogens with one attached hydrogen (secondary N) is 1. The van der Waals surface area contributed by atoms with E-state index in [0.717, 1.165) is 25.8 Å². The van der Waals surface area contributed by atoms with Crippen molar-refractivity contribution >= 4 is 11.7 Å². The molecule has 1 atom stereocenters. The summed E-state index contributed by atoms with van der Waals surface area (Å²) >= 11 is 0. The lowest BCUT2D eigenvalue weighted by Gasteiger charge is -2.35. The first-order chi connectivity index (χ1) is 9.76. The zero-order valence-electron chi connectivity index (χ0n) is 12.0. The van der Waals surface area contributed by atoms with Crippen LogP contribution in [0.5, 0.6) is 5.75 Å².